The summed E-state index contributed by atoms with van der Waals surface area (Å²) in [5.41, 5.74) is 0.763. The molecule has 9 aliphatic rings. The van der Waals surface area contributed by atoms with Crippen molar-refractivity contribution in [2.75, 3.05) is 34.5 Å². The van der Waals surface area contributed by atoms with E-state index in [0.717, 1.165) is 32.1 Å². The summed E-state index contributed by atoms with van der Waals surface area (Å²) in [7, 11) is 4.33. The zero-order chi connectivity index (χ0) is 58.7. The Morgan fingerprint density at radius 2 is 1.32 bits per heavy atom. The summed E-state index contributed by atoms with van der Waals surface area (Å²) >= 11 is 0. The number of fused-ring (bicyclic) bond motifs is 5. The highest BCUT2D eigenvalue weighted by Gasteiger charge is 2.63. The molecule has 25 heteroatoms. The molecular formula is C56H92O25. The van der Waals surface area contributed by atoms with Crippen LogP contribution in [0.1, 0.15) is 99.8 Å². The molecule has 33 atom stereocenters. The Hall–Kier alpha value is -1.71. The molecule has 0 bridgehead atoms. The van der Waals surface area contributed by atoms with Crippen LogP contribution in [0.3, 0.4) is 0 Å². The van der Waals surface area contributed by atoms with Gasteiger partial charge in [-0.05, 0) is 101 Å². The molecule has 10 N–H and O–H groups in total. The number of aliphatic hydroxyl groups excluding tert-OH is 10. The van der Waals surface area contributed by atoms with E-state index in [0.29, 0.717) is 18.8 Å². The van der Waals surface area contributed by atoms with Gasteiger partial charge in [-0.2, -0.15) is 0 Å². The fourth-order valence-electron chi connectivity index (χ4n) is 15.7. The van der Waals surface area contributed by atoms with Gasteiger partial charge in [0.05, 0.1) is 55.9 Å². The first-order chi connectivity index (χ1) is 38.4. The molecule has 8 fully saturated rings. The minimum absolute atomic E-state index is 0.114. The second kappa shape index (κ2) is 25.9. The predicted octanol–water partition coefficient (Wildman–Crippen LogP) is -0.956. The fourth-order valence-corrected chi connectivity index (χ4v) is 15.7. The minimum atomic E-state index is -1.78. The van der Waals surface area contributed by atoms with Crippen LogP contribution in [0, 0.1) is 34.5 Å². The van der Waals surface area contributed by atoms with Gasteiger partial charge in [0.2, 0.25) is 0 Å². The molecule has 0 radical (unpaired) electrons. The third-order valence-corrected chi connectivity index (χ3v) is 20.2. The first kappa shape index (κ1) is 63.8. The van der Waals surface area contributed by atoms with Gasteiger partial charge in [-0.3, -0.25) is 4.79 Å². The van der Waals surface area contributed by atoms with Gasteiger partial charge in [0.15, 0.2) is 37.6 Å². The minimum Gasteiger partial charge on any atom is -0.454 e. The second-order valence-electron chi connectivity index (χ2n) is 24.9. The molecule has 0 amide bonds. The lowest BCUT2D eigenvalue weighted by molar-refractivity contribution is -0.372. The van der Waals surface area contributed by atoms with Crippen LogP contribution in [0.4, 0.5) is 0 Å². The highest BCUT2D eigenvalue weighted by molar-refractivity contribution is 5.66. The standard InChI is InChI=1S/C56H92O25/c1-22(73-51-44(66)42(64)41(63)35(79-51)21-71-53-48(43(65)40(62)34(20-57)78-53)81-52-45(67)47(69-9)39(61)24(3)74-52)37-32(59)18-31-29-12-11-27-17-28(13-15-55(27,6)30(29)14-16-56(31,37)7)77-54-50(76-26(5)58)49(70-10)46(25(4)75-54)80-36-19-33(68-8)38(60)23(2)72-36/h11,22-25,28-54,57,59-67H,12-21H2,1-10H3/t22-,23-,24-,25-,28+,29-,30+,31+,32+,33+,34-,35-,36+,37?,38-,39+,40-,41-,42+,43+,44-,45-,46+,47+,48-,49+,50-,51-,52+,53-,54+,55+,56+/m1/s1. The average Bonchev–Trinajstić information content (AvgIpc) is 2.99. The molecular weight excluding hydrogens is 1070 g/mol. The van der Waals surface area contributed by atoms with Crippen molar-refractivity contribution in [1.29, 1.82) is 0 Å². The van der Waals surface area contributed by atoms with Gasteiger partial charge in [-0.1, -0.05) is 25.5 Å². The highest BCUT2D eigenvalue weighted by atomic mass is 16.8. The summed E-state index contributed by atoms with van der Waals surface area (Å²) < 4.78 is 84.4. The third kappa shape index (κ3) is 12.3. The van der Waals surface area contributed by atoms with Crippen LogP contribution in [-0.2, 0) is 71.1 Å². The van der Waals surface area contributed by atoms with E-state index >= 15 is 0 Å². The Bertz CT molecular complexity index is 2110. The molecule has 0 aromatic carbocycles. The number of hydrogen-bond acceptors (Lipinski definition) is 25. The van der Waals surface area contributed by atoms with Crippen LogP contribution >= 0.6 is 0 Å². The lowest BCUT2D eigenvalue weighted by Crippen LogP contribution is -2.65. The lowest BCUT2D eigenvalue weighted by atomic mass is 9.47. The van der Waals surface area contributed by atoms with E-state index in [9.17, 15) is 55.9 Å². The quantitative estimate of drug-likeness (QED) is 0.0620. The summed E-state index contributed by atoms with van der Waals surface area (Å²) in [5.74, 6) is -0.265. The first-order valence-corrected chi connectivity index (χ1v) is 29.1. The Balaban J connectivity index is 0.832. The van der Waals surface area contributed by atoms with Crippen molar-refractivity contribution < 1.29 is 122 Å². The molecule has 4 aliphatic carbocycles. The number of hydrogen-bond donors (Lipinski definition) is 10. The van der Waals surface area contributed by atoms with Crippen molar-refractivity contribution in [1.82, 2.24) is 0 Å². The van der Waals surface area contributed by atoms with Crippen LogP contribution < -0.4 is 0 Å². The number of methoxy groups -OCH3 is 3. The van der Waals surface area contributed by atoms with E-state index in [1.807, 2.05) is 13.8 Å². The van der Waals surface area contributed by atoms with Crippen molar-refractivity contribution in [2.24, 2.45) is 34.5 Å². The number of carbonyl (C=O) groups excluding carboxylic acids is 1. The van der Waals surface area contributed by atoms with E-state index in [1.165, 1.54) is 40.7 Å². The summed E-state index contributed by atoms with van der Waals surface area (Å²) in [6, 6.07) is 0. The average molecular weight is 1170 g/mol. The lowest BCUT2D eigenvalue weighted by Gasteiger charge is -2.58. The topological polar surface area (TPSA) is 349 Å². The second-order valence-corrected chi connectivity index (χ2v) is 24.9. The maximum atomic E-state index is 12.6. The van der Waals surface area contributed by atoms with E-state index in [2.05, 4.69) is 19.9 Å². The van der Waals surface area contributed by atoms with Crippen LogP contribution in [0.15, 0.2) is 11.6 Å². The van der Waals surface area contributed by atoms with E-state index in [-0.39, 0.29) is 29.8 Å². The van der Waals surface area contributed by atoms with Gasteiger partial charge < -0.3 is 117 Å². The Kier molecular flexibility index (Phi) is 20.4. The van der Waals surface area contributed by atoms with Gasteiger partial charge in [-0.15, -0.1) is 0 Å². The number of rotatable bonds is 17. The smallest absolute Gasteiger partial charge is 0.303 e. The van der Waals surface area contributed by atoms with Gasteiger partial charge in [0.1, 0.15) is 85.5 Å². The van der Waals surface area contributed by atoms with Crippen LogP contribution in [-0.4, -0.2) is 257 Å². The normalized spacial score (nSPS) is 52.5. The highest BCUT2D eigenvalue weighted by Crippen LogP contribution is 2.67. The van der Waals surface area contributed by atoms with Crippen molar-refractivity contribution in [3.63, 3.8) is 0 Å². The van der Waals surface area contributed by atoms with Gasteiger partial charge in [0, 0.05) is 40.6 Å². The molecule has 25 nitrogen and oxygen atoms in total. The number of esters is 1. The molecule has 5 aliphatic heterocycles. The van der Waals surface area contributed by atoms with Gasteiger partial charge in [-0.25, -0.2) is 0 Å². The Labute approximate surface area is 473 Å². The summed E-state index contributed by atoms with van der Waals surface area (Å²) in [6.07, 6.45) is -22.9. The zero-order valence-corrected chi connectivity index (χ0v) is 48.1. The first-order valence-electron chi connectivity index (χ1n) is 29.1. The molecule has 466 valence electrons. The maximum absolute atomic E-state index is 12.6. The van der Waals surface area contributed by atoms with Crippen LogP contribution in [0.5, 0.6) is 0 Å². The molecule has 5 heterocycles. The van der Waals surface area contributed by atoms with Crippen molar-refractivity contribution in [3.05, 3.63) is 11.6 Å². The molecule has 0 spiro atoms. The van der Waals surface area contributed by atoms with Crippen molar-refractivity contribution >= 4 is 5.97 Å². The number of ether oxygens (including phenoxy) is 14. The van der Waals surface area contributed by atoms with E-state index < -0.39 is 190 Å². The van der Waals surface area contributed by atoms with Crippen LogP contribution in [0.2, 0.25) is 0 Å². The van der Waals surface area contributed by atoms with E-state index in [4.69, 9.17) is 66.3 Å². The van der Waals surface area contributed by atoms with Crippen molar-refractivity contribution in [2.45, 2.75) is 266 Å². The fraction of sp³-hybridized carbons (Fsp3) is 0.946. The molecule has 81 heavy (non-hydrogen) atoms. The predicted molar refractivity (Wildman–Crippen MR) is 276 cm³/mol. The van der Waals surface area contributed by atoms with Crippen LogP contribution in [0.25, 0.3) is 0 Å². The molecule has 0 aromatic rings. The summed E-state index contributed by atoms with van der Waals surface area (Å²) in [6.45, 7) is 11.5. The number of allylic oxidation sites excluding steroid dienone is 1. The Morgan fingerprint density at radius 3 is 2.00 bits per heavy atom. The Morgan fingerprint density at radius 1 is 0.642 bits per heavy atom. The van der Waals surface area contributed by atoms with Gasteiger partial charge >= 0.3 is 5.97 Å². The monoisotopic (exact) mass is 1160 g/mol. The van der Waals surface area contributed by atoms with Crippen molar-refractivity contribution in [3.8, 4) is 0 Å². The van der Waals surface area contributed by atoms with E-state index in [1.54, 1.807) is 6.92 Å². The molecule has 0 aromatic heterocycles. The molecule has 1 unspecified atom stereocenters. The summed E-state index contributed by atoms with van der Waals surface area (Å²) in [4.78, 5) is 12.6. The largest absolute Gasteiger partial charge is 0.454 e. The number of carbonyl (C=O) groups is 1. The summed E-state index contributed by atoms with van der Waals surface area (Å²) in [5, 5.41) is 110. The molecule has 9 rings (SSSR count). The zero-order valence-electron chi connectivity index (χ0n) is 48.1. The third-order valence-electron chi connectivity index (χ3n) is 20.2. The number of aliphatic hydroxyl groups is 10. The molecule has 5 saturated heterocycles. The van der Waals surface area contributed by atoms with Gasteiger partial charge in [0.25, 0.3) is 0 Å². The SMILES string of the molecule is CO[C@H]1[C@@H](O)[C@@H](C)O[C@@H](O[C@H]2[C@H](OC[C@H]3O[C@@H](O[C@H](C)C4[C@@H](O)C[C@H]5[C@@H]6CC=C7C[C@@H](O[C@@H]8O[C@H](C)[C@H](O[C@H]9C[C@H](OC)[C@H](O)[C@@H](C)O9)[C@H](OC)[C@H]8OC(C)=O)CC[C@]7(C)[C@H]6CC[C@]45C)[C@H](O)[C@@H](O)[C@@H]3O)O[C@H](CO)[C@@H](O)[C@@H]2O)[C@@H]1O. The molecule has 3 saturated carbocycles. The maximum Gasteiger partial charge on any atom is 0.303 e.